The number of thioether (sulfide) groups is 1. The number of piperazine rings is 1. The second-order valence-corrected chi connectivity index (χ2v) is 7.19. The summed E-state index contributed by atoms with van der Waals surface area (Å²) in [5, 5.41) is 3.15. The first-order valence-corrected chi connectivity index (χ1v) is 8.53. The van der Waals surface area contributed by atoms with Gasteiger partial charge in [0.2, 0.25) is 10.0 Å². The van der Waals surface area contributed by atoms with Gasteiger partial charge < -0.3 is 5.32 Å². The molecule has 0 spiro atoms. The number of halogens is 3. The molecule has 0 saturated carbocycles. The average molecular weight is 321 g/mol. The van der Waals surface area contributed by atoms with Crippen LogP contribution in [-0.2, 0) is 10.0 Å². The van der Waals surface area contributed by atoms with E-state index in [1.165, 1.54) is 0 Å². The summed E-state index contributed by atoms with van der Waals surface area (Å²) < 4.78 is 60.8. The van der Waals surface area contributed by atoms with Crippen molar-refractivity contribution in [3.63, 3.8) is 0 Å². The van der Waals surface area contributed by atoms with E-state index < -0.39 is 15.5 Å². The highest BCUT2D eigenvalue weighted by molar-refractivity contribution is 8.00. The zero-order valence-electron chi connectivity index (χ0n) is 10.4. The molecule has 0 atom stereocenters. The molecule has 1 heterocycles. The Labute approximate surface area is 115 Å². The maximum atomic E-state index is 11.8. The van der Waals surface area contributed by atoms with Gasteiger partial charge in [0.15, 0.2) is 0 Å². The first-order chi connectivity index (χ1) is 8.79. The Morgan fingerprint density at radius 3 is 2.47 bits per heavy atom. The standard InChI is InChI=1S/C9H18F3N3O2S2/c10-9(11,12)18-7-3-14-19(16,17)8-6-15-4-1-13-2-5-15/h13-14H,1-8H2. The van der Waals surface area contributed by atoms with E-state index in [-0.39, 0.29) is 29.8 Å². The maximum Gasteiger partial charge on any atom is 0.441 e. The fourth-order valence-corrected chi connectivity index (χ4v) is 3.24. The summed E-state index contributed by atoms with van der Waals surface area (Å²) in [5.41, 5.74) is -4.31. The van der Waals surface area contributed by atoms with E-state index in [1.54, 1.807) is 0 Å². The summed E-state index contributed by atoms with van der Waals surface area (Å²) in [6.45, 7) is 3.45. The highest BCUT2D eigenvalue weighted by atomic mass is 32.2. The number of nitrogens with zero attached hydrogens (tertiary/aromatic N) is 1. The van der Waals surface area contributed by atoms with Gasteiger partial charge in [-0.2, -0.15) is 13.2 Å². The van der Waals surface area contributed by atoms with E-state index >= 15 is 0 Å². The number of rotatable bonds is 7. The van der Waals surface area contributed by atoms with Crippen LogP contribution in [0.5, 0.6) is 0 Å². The van der Waals surface area contributed by atoms with Gasteiger partial charge in [0, 0.05) is 45.0 Å². The molecular weight excluding hydrogens is 303 g/mol. The van der Waals surface area contributed by atoms with Crippen LogP contribution >= 0.6 is 11.8 Å². The van der Waals surface area contributed by atoms with Gasteiger partial charge in [0.05, 0.1) is 5.75 Å². The van der Waals surface area contributed by atoms with Crippen LogP contribution in [0.3, 0.4) is 0 Å². The van der Waals surface area contributed by atoms with Crippen LogP contribution < -0.4 is 10.0 Å². The van der Waals surface area contributed by atoms with Gasteiger partial charge in [0.1, 0.15) is 0 Å². The quantitative estimate of drug-likeness (QED) is 0.650. The lowest BCUT2D eigenvalue weighted by Crippen LogP contribution is -2.46. The molecule has 0 aromatic rings. The summed E-state index contributed by atoms with van der Waals surface area (Å²) in [6.07, 6.45) is 0. The Kier molecular flexibility index (Phi) is 6.87. The number of sulfonamides is 1. The molecule has 2 N–H and O–H groups in total. The van der Waals surface area contributed by atoms with Gasteiger partial charge in [-0.15, -0.1) is 0 Å². The zero-order valence-corrected chi connectivity index (χ0v) is 12.0. The van der Waals surface area contributed by atoms with Crippen molar-refractivity contribution in [3.8, 4) is 0 Å². The Bertz CT molecular complexity index is 356. The number of hydrogen-bond acceptors (Lipinski definition) is 5. The third-order valence-corrected chi connectivity index (χ3v) is 4.68. The van der Waals surface area contributed by atoms with E-state index in [4.69, 9.17) is 0 Å². The highest BCUT2D eigenvalue weighted by Gasteiger charge is 2.27. The second kappa shape index (κ2) is 7.67. The number of nitrogens with one attached hydrogen (secondary N) is 2. The Morgan fingerprint density at radius 2 is 1.89 bits per heavy atom. The summed E-state index contributed by atoms with van der Waals surface area (Å²) in [7, 11) is -3.49. The lowest BCUT2D eigenvalue weighted by atomic mass is 10.4. The van der Waals surface area contributed by atoms with Crippen molar-refractivity contribution < 1.29 is 21.6 Å². The smallest absolute Gasteiger partial charge is 0.314 e. The molecule has 0 amide bonds. The van der Waals surface area contributed by atoms with Crippen molar-refractivity contribution in [2.24, 2.45) is 0 Å². The number of alkyl halides is 3. The van der Waals surface area contributed by atoms with Gasteiger partial charge in [-0.3, -0.25) is 4.90 Å². The Balaban J connectivity index is 2.16. The Morgan fingerprint density at radius 1 is 1.26 bits per heavy atom. The molecule has 1 fully saturated rings. The maximum absolute atomic E-state index is 11.8. The van der Waals surface area contributed by atoms with Gasteiger partial charge in [-0.1, -0.05) is 0 Å². The molecule has 0 aromatic heterocycles. The van der Waals surface area contributed by atoms with Gasteiger partial charge >= 0.3 is 5.51 Å². The van der Waals surface area contributed by atoms with Crippen molar-refractivity contribution in [2.45, 2.75) is 5.51 Å². The molecule has 1 aliphatic rings. The zero-order chi connectivity index (χ0) is 14.4. The largest absolute Gasteiger partial charge is 0.441 e. The molecule has 10 heteroatoms. The van der Waals surface area contributed by atoms with Gasteiger partial charge in [0.25, 0.3) is 0 Å². The third kappa shape index (κ3) is 8.69. The van der Waals surface area contributed by atoms with Crippen LogP contribution in [0.25, 0.3) is 0 Å². The van der Waals surface area contributed by atoms with Crippen molar-refractivity contribution in [1.29, 1.82) is 0 Å². The summed E-state index contributed by atoms with van der Waals surface area (Å²) >= 11 is -0.225. The van der Waals surface area contributed by atoms with Crippen molar-refractivity contribution in [1.82, 2.24) is 14.9 Å². The van der Waals surface area contributed by atoms with Crippen molar-refractivity contribution in [3.05, 3.63) is 0 Å². The molecular formula is C9H18F3N3O2S2. The van der Waals surface area contributed by atoms with Crippen LogP contribution in [0, 0.1) is 0 Å². The van der Waals surface area contributed by atoms with Crippen molar-refractivity contribution in [2.75, 3.05) is 50.8 Å². The van der Waals surface area contributed by atoms with Crippen molar-refractivity contribution >= 4 is 21.8 Å². The molecule has 1 aliphatic heterocycles. The van der Waals surface area contributed by atoms with Crippen LogP contribution in [0.1, 0.15) is 0 Å². The molecule has 0 unspecified atom stereocenters. The molecule has 1 rings (SSSR count). The highest BCUT2D eigenvalue weighted by Crippen LogP contribution is 2.29. The molecule has 0 aromatic carbocycles. The average Bonchev–Trinajstić information content (AvgIpc) is 2.33. The van der Waals surface area contributed by atoms with Crippen LogP contribution in [-0.4, -0.2) is 69.6 Å². The summed E-state index contributed by atoms with van der Waals surface area (Å²) in [5.74, 6) is -0.389. The summed E-state index contributed by atoms with van der Waals surface area (Å²) in [4.78, 5) is 2.01. The van der Waals surface area contributed by atoms with Gasteiger partial charge in [-0.25, -0.2) is 13.1 Å². The third-order valence-electron chi connectivity index (χ3n) is 2.58. The fourth-order valence-electron chi connectivity index (χ4n) is 1.62. The first kappa shape index (κ1) is 17.0. The molecule has 19 heavy (non-hydrogen) atoms. The van der Waals surface area contributed by atoms with Crippen LogP contribution in [0.4, 0.5) is 13.2 Å². The predicted octanol–water partition coefficient (Wildman–Crippen LogP) is 0.0640. The minimum Gasteiger partial charge on any atom is -0.314 e. The SMILES string of the molecule is O=S(=O)(CCN1CCNCC1)NCCSC(F)(F)F. The normalized spacial score (nSPS) is 18.7. The Hall–Kier alpha value is -0.0300. The molecule has 5 nitrogen and oxygen atoms in total. The lowest BCUT2D eigenvalue weighted by Gasteiger charge is -2.26. The first-order valence-electron chi connectivity index (χ1n) is 5.90. The lowest BCUT2D eigenvalue weighted by molar-refractivity contribution is -0.0327. The molecule has 1 saturated heterocycles. The second-order valence-electron chi connectivity index (χ2n) is 4.10. The fraction of sp³-hybridized carbons (Fsp3) is 1.00. The van der Waals surface area contributed by atoms with E-state index in [2.05, 4.69) is 10.0 Å². The molecule has 114 valence electrons. The van der Waals surface area contributed by atoms with E-state index in [9.17, 15) is 21.6 Å². The molecule has 0 radical (unpaired) electrons. The van der Waals surface area contributed by atoms with Crippen LogP contribution in [0.15, 0.2) is 0 Å². The minimum atomic E-state index is -4.31. The predicted molar refractivity (Wildman–Crippen MR) is 69.6 cm³/mol. The number of hydrogen-bond donors (Lipinski definition) is 2. The monoisotopic (exact) mass is 321 g/mol. The van der Waals surface area contributed by atoms with Crippen LogP contribution in [0.2, 0.25) is 0 Å². The molecule has 0 aliphatic carbocycles. The van der Waals surface area contributed by atoms with E-state index in [0.717, 1.165) is 26.2 Å². The van der Waals surface area contributed by atoms with E-state index in [1.807, 2.05) is 4.90 Å². The molecule has 0 bridgehead atoms. The summed E-state index contributed by atoms with van der Waals surface area (Å²) in [6, 6.07) is 0. The minimum absolute atomic E-state index is 0.0797. The van der Waals surface area contributed by atoms with E-state index in [0.29, 0.717) is 6.54 Å². The van der Waals surface area contributed by atoms with Gasteiger partial charge in [-0.05, 0) is 11.8 Å². The topological polar surface area (TPSA) is 61.4 Å².